The first-order chi connectivity index (χ1) is 21.3. The molecule has 4 aromatic rings. The van der Waals surface area contributed by atoms with E-state index in [1.54, 1.807) is 12.1 Å². The number of halogens is 1. The molecule has 1 aliphatic rings. The zero-order valence-electron chi connectivity index (χ0n) is 24.2. The van der Waals surface area contributed by atoms with E-state index >= 15 is 0 Å². The number of H-pyrrole nitrogens is 1. The molecule has 0 aliphatic heterocycles. The molecule has 1 saturated carbocycles. The maximum atomic E-state index is 13.8. The van der Waals surface area contributed by atoms with Gasteiger partial charge in [0.2, 0.25) is 11.7 Å². The number of nitrogens with one attached hydrogen (secondary N) is 3. The predicted molar refractivity (Wildman–Crippen MR) is 163 cm³/mol. The van der Waals surface area contributed by atoms with Crippen molar-refractivity contribution in [2.45, 2.75) is 51.1 Å². The number of Topliss-reactive ketones (excluding diaryl/α,β-unsaturated/α-hetero) is 3. The normalized spacial score (nSPS) is 15.9. The summed E-state index contributed by atoms with van der Waals surface area (Å²) in [6.07, 6.45) is 1.70. The molecule has 0 saturated heterocycles. The molecule has 1 fully saturated rings. The summed E-state index contributed by atoms with van der Waals surface area (Å²) in [4.78, 5) is 69.0. The zero-order valence-corrected chi connectivity index (χ0v) is 24.2. The van der Waals surface area contributed by atoms with E-state index < -0.39 is 41.3 Å². The Kier molecular flexibility index (Phi) is 9.74. The van der Waals surface area contributed by atoms with E-state index in [-0.39, 0.29) is 43.1 Å². The van der Waals surface area contributed by atoms with Crippen LogP contribution in [0.5, 0.6) is 0 Å². The number of rotatable bonds is 13. The molecule has 3 atom stereocenters. The minimum atomic E-state index is -1.23. The van der Waals surface area contributed by atoms with Crippen LogP contribution in [-0.4, -0.2) is 40.2 Å². The van der Waals surface area contributed by atoms with Crippen LogP contribution in [-0.2, 0) is 32.1 Å². The van der Waals surface area contributed by atoms with E-state index in [1.165, 1.54) is 12.1 Å². The van der Waals surface area contributed by atoms with Gasteiger partial charge in [0, 0.05) is 42.1 Å². The first-order valence-corrected chi connectivity index (χ1v) is 14.8. The summed E-state index contributed by atoms with van der Waals surface area (Å²) in [5, 5.41) is 5.89. The van der Waals surface area contributed by atoms with Crippen molar-refractivity contribution < 1.29 is 28.4 Å². The van der Waals surface area contributed by atoms with Gasteiger partial charge in [-0.05, 0) is 61.1 Å². The summed E-state index contributed by atoms with van der Waals surface area (Å²) < 4.78 is 13.7. The van der Waals surface area contributed by atoms with Gasteiger partial charge in [0.1, 0.15) is 11.6 Å². The highest BCUT2D eigenvalue weighted by molar-refractivity contribution is 6.38. The Morgan fingerprint density at radius 3 is 2.30 bits per heavy atom. The Labute approximate surface area is 254 Å². The molecular formula is C35H34FN3O5. The van der Waals surface area contributed by atoms with E-state index in [1.807, 2.05) is 60.7 Å². The Bertz CT molecular complexity index is 1670. The van der Waals surface area contributed by atoms with Crippen molar-refractivity contribution in [1.82, 2.24) is 15.6 Å². The molecule has 1 aliphatic carbocycles. The standard InChI is InChI=1S/C35H34FN3O5/c36-27-14-15-28-25(17-27)19-29(38-28)32(41)20-26(16-22-8-3-1-4-9-22)34(43)39-30(18-24-12-7-13-31(24)40)33(42)35(44)37-21-23-10-5-2-6-11-23/h1-6,8-11,14-15,17,19,24,26,30,38H,7,12-13,16,18,20-21H2,(H,37,44)(H,39,43)/t24-,26+,30-/m0/s1. The molecular weight excluding hydrogens is 561 g/mol. The molecule has 8 nitrogen and oxygen atoms in total. The van der Waals surface area contributed by atoms with Gasteiger partial charge < -0.3 is 15.6 Å². The number of amides is 2. The zero-order chi connectivity index (χ0) is 31.1. The van der Waals surface area contributed by atoms with Gasteiger partial charge in [-0.15, -0.1) is 0 Å². The Morgan fingerprint density at radius 2 is 1.61 bits per heavy atom. The summed E-state index contributed by atoms with van der Waals surface area (Å²) in [6.45, 7) is 0.133. The lowest BCUT2D eigenvalue weighted by atomic mass is 9.90. The van der Waals surface area contributed by atoms with Crippen molar-refractivity contribution in [3.63, 3.8) is 0 Å². The van der Waals surface area contributed by atoms with Crippen molar-refractivity contribution in [3.8, 4) is 0 Å². The van der Waals surface area contributed by atoms with E-state index in [2.05, 4.69) is 15.6 Å². The second kappa shape index (κ2) is 14.0. The van der Waals surface area contributed by atoms with Crippen LogP contribution >= 0.6 is 0 Å². The molecule has 0 bridgehead atoms. The van der Waals surface area contributed by atoms with Gasteiger partial charge in [0.05, 0.1) is 11.7 Å². The summed E-state index contributed by atoms with van der Waals surface area (Å²) in [6, 6.07) is 22.8. The molecule has 9 heteroatoms. The molecule has 44 heavy (non-hydrogen) atoms. The van der Waals surface area contributed by atoms with Crippen molar-refractivity contribution in [1.29, 1.82) is 0 Å². The van der Waals surface area contributed by atoms with Crippen LogP contribution in [0.15, 0.2) is 84.9 Å². The smallest absolute Gasteiger partial charge is 0.289 e. The van der Waals surface area contributed by atoms with Gasteiger partial charge >= 0.3 is 0 Å². The number of aromatic nitrogens is 1. The van der Waals surface area contributed by atoms with Gasteiger partial charge in [-0.25, -0.2) is 4.39 Å². The predicted octanol–water partition coefficient (Wildman–Crippen LogP) is 4.87. The number of benzene rings is 3. The molecule has 3 aromatic carbocycles. The number of hydrogen-bond acceptors (Lipinski definition) is 5. The first kappa shape index (κ1) is 30.5. The SMILES string of the molecule is O=C(NCc1ccccc1)C(=O)[C@H](C[C@@H]1CCCC1=O)NC(=O)[C@@H](CC(=O)c1cc2cc(F)ccc2[nH]1)Cc1ccccc1. The first-order valence-electron chi connectivity index (χ1n) is 14.8. The van der Waals surface area contributed by atoms with Crippen LogP contribution in [0.1, 0.15) is 53.7 Å². The molecule has 5 rings (SSSR count). The Hall–Kier alpha value is -4.92. The quantitative estimate of drug-likeness (QED) is 0.150. The van der Waals surface area contributed by atoms with Gasteiger partial charge in [-0.2, -0.15) is 0 Å². The fourth-order valence-electron chi connectivity index (χ4n) is 5.71. The van der Waals surface area contributed by atoms with Crippen LogP contribution in [0.4, 0.5) is 4.39 Å². The Balaban J connectivity index is 1.35. The highest BCUT2D eigenvalue weighted by Gasteiger charge is 2.35. The summed E-state index contributed by atoms with van der Waals surface area (Å²) in [7, 11) is 0. The lowest BCUT2D eigenvalue weighted by molar-refractivity contribution is -0.141. The van der Waals surface area contributed by atoms with Crippen molar-refractivity contribution in [3.05, 3.63) is 108 Å². The molecule has 0 spiro atoms. The minimum Gasteiger partial charge on any atom is -0.352 e. The number of hydrogen-bond donors (Lipinski definition) is 3. The van der Waals surface area contributed by atoms with Crippen molar-refractivity contribution in [2.75, 3.05) is 0 Å². The number of ketones is 3. The average molecular weight is 596 g/mol. The summed E-state index contributed by atoms with van der Waals surface area (Å²) >= 11 is 0. The number of aromatic amines is 1. The minimum absolute atomic E-state index is 0.00741. The van der Waals surface area contributed by atoms with Crippen LogP contribution in [0.3, 0.4) is 0 Å². The second-order valence-electron chi connectivity index (χ2n) is 11.3. The van der Waals surface area contributed by atoms with Crippen molar-refractivity contribution >= 4 is 40.1 Å². The maximum Gasteiger partial charge on any atom is 0.289 e. The molecule has 3 N–H and O–H groups in total. The fourth-order valence-corrected chi connectivity index (χ4v) is 5.71. The second-order valence-corrected chi connectivity index (χ2v) is 11.3. The monoisotopic (exact) mass is 595 g/mol. The summed E-state index contributed by atoms with van der Waals surface area (Å²) in [5.74, 6) is -4.35. The van der Waals surface area contributed by atoms with Gasteiger partial charge in [0.25, 0.3) is 5.91 Å². The third-order valence-corrected chi connectivity index (χ3v) is 8.11. The summed E-state index contributed by atoms with van der Waals surface area (Å²) in [5.41, 5.74) is 2.45. The number of fused-ring (bicyclic) bond motifs is 1. The van der Waals surface area contributed by atoms with E-state index in [0.717, 1.165) is 11.1 Å². The molecule has 1 aromatic heterocycles. The largest absolute Gasteiger partial charge is 0.352 e. The third-order valence-electron chi connectivity index (χ3n) is 8.11. The maximum absolute atomic E-state index is 13.8. The molecule has 0 radical (unpaired) electrons. The van der Waals surface area contributed by atoms with Crippen LogP contribution in [0.25, 0.3) is 10.9 Å². The van der Waals surface area contributed by atoms with Gasteiger partial charge in [-0.3, -0.25) is 24.0 Å². The topological polar surface area (TPSA) is 125 Å². The lowest BCUT2D eigenvalue weighted by Gasteiger charge is -2.23. The highest BCUT2D eigenvalue weighted by atomic mass is 19.1. The lowest BCUT2D eigenvalue weighted by Crippen LogP contribution is -2.50. The van der Waals surface area contributed by atoms with Gasteiger partial charge in [0.15, 0.2) is 5.78 Å². The van der Waals surface area contributed by atoms with E-state index in [4.69, 9.17) is 0 Å². The van der Waals surface area contributed by atoms with Crippen LogP contribution < -0.4 is 10.6 Å². The Morgan fingerprint density at radius 1 is 0.909 bits per heavy atom. The third kappa shape index (κ3) is 7.72. The molecule has 2 amide bonds. The highest BCUT2D eigenvalue weighted by Crippen LogP contribution is 2.27. The number of carbonyl (C=O) groups excluding carboxylic acids is 5. The molecule has 1 heterocycles. The van der Waals surface area contributed by atoms with Gasteiger partial charge in [-0.1, -0.05) is 60.7 Å². The van der Waals surface area contributed by atoms with Crippen LogP contribution in [0.2, 0.25) is 0 Å². The number of carbonyl (C=O) groups is 5. The van der Waals surface area contributed by atoms with E-state index in [9.17, 15) is 28.4 Å². The van der Waals surface area contributed by atoms with E-state index in [0.29, 0.717) is 30.2 Å². The average Bonchev–Trinajstić information content (AvgIpc) is 3.65. The fraction of sp³-hybridized carbons (Fsp3) is 0.286. The van der Waals surface area contributed by atoms with Crippen LogP contribution in [0, 0.1) is 17.7 Å². The van der Waals surface area contributed by atoms with Crippen molar-refractivity contribution in [2.24, 2.45) is 11.8 Å². The molecule has 0 unspecified atom stereocenters. The molecule has 226 valence electrons.